The predicted molar refractivity (Wildman–Crippen MR) is 115 cm³/mol. The third-order valence-corrected chi connectivity index (χ3v) is 16.6. The Kier molecular flexibility index (Phi) is 13.5. The van der Waals surface area contributed by atoms with Gasteiger partial charge in [0.05, 0.1) is 0 Å². The van der Waals surface area contributed by atoms with E-state index in [0.29, 0.717) is 0 Å². The summed E-state index contributed by atoms with van der Waals surface area (Å²) in [4.78, 5) is 0. The molecule has 0 atom stereocenters. The molecule has 2 aliphatic carbocycles. The standard InChI is InChI=1S/C20H34O2Si3.2ClH.Zr/c1-23(2,15-13-21)17-9-7-11-19(17)25(5,6)20-12-8-10-18(20)24(3,4)16-14-22;;;/h9-10,21-22H,7-8,13-16H2,1-6H3;2*1H;/q-2;;;+4/p-2. The van der Waals surface area contributed by atoms with E-state index in [0.717, 1.165) is 24.9 Å². The Hall–Kier alpha value is 0.994. The molecule has 0 aromatic carbocycles. The van der Waals surface area contributed by atoms with Gasteiger partial charge in [0.15, 0.2) is 0 Å². The minimum atomic E-state index is -1.86. The van der Waals surface area contributed by atoms with Gasteiger partial charge in [0.1, 0.15) is 0 Å². The molecule has 0 saturated heterocycles. The number of aliphatic hydroxyl groups excluding tert-OH is 2. The van der Waals surface area contributed by atoms with Crippen molar-refractivity contribution in [2.24, 2.45) is 0 Å². The van der Waals surface area contributed by atoms with Gasteiger partial charge in [-0.25, -0.2) is 20.8 Å². The number of hydrogen-bond acceptors (Lipinski definition) is 2. The molecule has 2 N–H and O–H groups in total. The van der Waals surface area contributed by atoms with Crippen molar-refractivity contribution in [3.05, 3.63) is 45.1 Å². The Morgan fingerprint density at radius 3 is 1.36 bits per heavy atom. The monoisotopic (exact) mass is 550 g/mol. The molecule has 0 aromatic rings. The fraction of sp³-hybridized carbons (Fsp3) is 0.600. The third-order valence-electron chi connectivity index (χ3n) is 5.89. The Morgan fingerprint density at radius 1 is 0.750 bits per heavy atom. The van der Waals surface area contributed by atoms with Crippen LogP contribution in [0.5, 0.6) is 0 Å². The zero-order chi connectivity index (χ0) is 18.9. The smallest absolute Gasteiger partial charge is 1.00 e. The summed E-state index contributed by atoms with van der Waals surface area (Å²) < 4.78 is 0. The second-order valence-electron chi connectivity index (χ2n) is 9.09. The summed E-state index contributed by atoms with van der Waals surface area (Å²) in [5.41, 5.74) is 0. The maximum atomic E-state index is 9.51. The van der Waals surface area contributed by atoms with Gasteiger partial charge in [-0.15, -0.1) is 12.8 Å². The zero-order valence-corrected chi connectivity index (χ0v) is 25.0. The Morgan fingerprint density at radius 2 is 1.07 bits per heavy atom. The van der Waals surface area contributed by atoms with E-state index < -0.39 is 24.2 Å². The molecular formula is C20H34Cl2O2Si3Zr. The summed E-state index contributed by atoms with van der Waals surface area (Å²) in [5, 5.41) is 25.0. The second kappa shape index (κ2) is 12.1. The zero-order valence-electron chi connectivity index (χ0n) is 18.0. The van der Waals surface area contributed by atoms with Crippen LogP contribution in [0.2, 0.25) is 51.4 Å². The number of rotatable bonds is 8. The van der Waals surface area contributed by atoms with Gasteiger partial charge in [-0.2, -0.15) is 12.2 Å². The molecule has 0 saturated carbocycles. The van der Waals surface area contributed by atoms with Gasteiger partial charge in [0.2, 0.25) is 0 Å². The first kappa shape index (κ1) is 31.2. The molecule has 2 nitrogen and oxygen atoms in total. The van der Waals surface area contributed by atoms with Crippen molar-refractivity contribution in [3.8, 4) is 0 Å². The van der Waals surface area contributed by atoms with Crippen molar-refractivity contribution in [3.63, 3.8) is 0 Å². The summed E-state index contributed by atoms with van der Waals surface area (Å²) in [6, 6.07) is 1.84. The van der Waals surface area contributed by atoms with Crippen molar-refractivity contribution in [1.29, 1.82) is 0 Å². The second-order valence-corrected chi connectivity index (χ2v) is 23.0. The number of hydrogen-bond donors (Lipinski definition) is 2. The van der Waals surface area contributed by atoms with Crippen LogP contribution in [0.1, 0.15) is 12.8 Å². The maximum Gasteiger partial charge on any atom is 4.00 e. The Balaban J connectivity index is 0. The largest absolute Gasteiger partial charge is 4.00 e. The quantitative estimate of drug-likeness (QED) is 0.281. The van der Waals surface area contributed by atoms with E-state index in [1.807, 2.05) is 0 Å². The van der Waals surface area contributed by atoms with Crippen LogP contribution in [-0.2, 0) is 26.2 Å². The molecule has 0 heterocycles. The topological polar surface area (TPSA) is 40.5 Å². The number of aliphatic hydroxyl groups is 2. The first-order valence-electron chi connectivity index (χ1n) is 9.44. The Bertz CT molecular complexity index is 600. The molecule has 0 spiro atoms. The van der Waals surface area contributed by atoms with E-state index in [4.69, 9.17) is 0 Å². The Labute approximate surface area is 206 Å². The third kappa shape index (κ3) is 6.49. The van der Waals surface area contributed by atoms with E-state index in [-0.39, 0.29) is 64.2 Å². The van der Waals surface area contributed by atoms with Gasteiger partial charge >= 0.3 is 26.2 Å². The van der Waals surface area contributed by atoms with Crippen LogP contribution < -0.4 is 24.8 Å². The predicted octanol–water partition coefficient (Wildman–Crippen LogP) is -1.62. The van der Waals surface area contributed by atoms with Gasteiger partial charge in [-0.05, 0) is 28.2 Å². The molecular weight excluding hydrogens is 519 g/mol. The van der Waals surface area contributed by atoms with Gasteiger partial charge in [0, 0.05) is 21.3 Å². The molecule has 2 rings (SSSR count). The first-order valence-corrected chi connectivity index (χ1v) is 18.9. The maximum absolute atomic E-state index is 9.51. The fourth-order valence-electron chi connectivity index (χ4n) is 4.20. The summed E-state index contributed by atoms with van der Waals surface area (Å²) in [5.74, 6) is 0. The molecule has 2 aliphatic rings. The van der Waals surface area contributed by atoms with E-state index in [2.05, 4.69) is 63.6 Å². The van der Waals surface area contributed by atoms with Crippen molar-refractivity contribution in [2.75, 3.05) is 13.2 Å². The first-order chi connectivity index (χ1) is 11.6. The minimum Gasteiger partial charge on any atom is -1.00 e. The fourth-order valence-corrected chi connectivity index (χ4v) is 15.5. The average molecular weight is 553 g/mol. The average Bonchev–Trinajstić information content (AvgIpc) is 3.17. The van der Waals surface area contributed by atoms with Crippen LogP contribution >= 0.6 is 0 Å². The SMILES string of the molecule is C[Si](C)(CCO)C1=CC[C-]=C1[Si](C)(C)C1=[C-]CC=C1[Si](C)(C)CCO.[Cl-].[Cl-].[Zr+4]. The van der Waals surface area contributed by atoms with E-state index in [1.165, 1.54) is 20.8 Å². The van der Waals surface area contributed by atoms with Crippen LogP contribution in [0.25, 0.3) is 0 Å². The molecule has 0 aliphatic heterocycles. The summed E-state index contributed by atoms with van der Waals surface area (Å²) in [6.45, 7) is 15.0. The van der Waals surface area contributed by atoms with Gasteiger partial charge in [0.25, 0.3) is 0 Å². The minimum absolute atomic E-state index is 0. The van der Waals surface area contributed by atoms with Crippen LogP contribution in [-0.4, -0.2) is 47.6 Å². The molecule has 0 radical (unpaired) electrons. The van der Waals surface area contributed by atoms with Gasteiger partial charge in [-0.3, -0.25) is 12.2 Å². The van der Waals surface area contributed by atoms with Crippen LogP contribution in [0.4, 0.5) is 0 Å². The molecule has 0 fully saturated rings. The van der Waals surface area contributed by atoms with Gasteiger partial charge < -0.3 is 35.0 Å². The number of allylic oxidation sites excluding steroid dienone is 8. The number of halogens is 2. The van der Waals surface area contributed by atoms with Crippen LogP contribution in [0.3, 0.4) is 0 Å². The van der Waals surface area contributed by atoms with E-state index in [9.17, 15) is 10.2 Å². The van der Waals surface area contributed by atoms with Crippen LogP contribution in [0.15, 0.2) is 32.9 Å². The molecule has 28 heavy (non-hydrogen) atoms. The molecule has 0 bridgehead atoms. The van der Waals surface area contributed by atoms with E-state index >= 15 is 0 Å². The van der Waals surface area contributed by atoms with Crippen molar-refractivity contribution < 1.29 is 61.2 Å². The van der Waals surface area contributed by atoms with Gasteiger partial charge in [-0.1, -0.05) is 39.3 Å². The summed E-state index contributed by atoms with van der Waals surface area (Å²) in [7, 11) is -5.10. The molecule has 0 aromatic heterocycles. The van der Waals surface area contributed by atoms with Crippen molar-refractivity contribution >= 4 is 24.2 Å². The van der Waals surface area contributed by atoms with Crippen LogP contribution in [0, 0.1) is 12.2 Å². The van der Waals surface area contributed by atoms with E-state index in [1.54, 1.807) is 0 Å². The normalized spacial score (nSPS) is 16.9. The molecule has 8 heteroatoms. The van der Waals surface area contributed by atoms with Crippen molar-refractivity contribution in [1.82, 2.24) is 0 Å². The molecule has 156 valence electrons. The molecule has 0 unspecified atom stereocenters. The molecule has 0 amide bonds. The summed E-state index contributed by atoms with van der Waals surface area (Å²) in [6.07, 6.45) is 14.0. The summed E-state index contributed by atoms with van der Waals surface area (Å²) >= 11 is 0. The van der Waals surface area contributed by atoms with Crippen molar-refractivity contribution in [2.45, 2.75) is 64.2 Å².